The van der Waals surface area contributed by atoms with Crippen LogP contribution in [0.25, 0.3) is 0 Å². The predicted molar refractivity (Wildman–Crippen MR) is 64.9 cm³/mol. The van der Waals surface area contributed by atoms with Crippen LogP contribution >= 0.6 is 23.4 Å². The highest BCUT2D eigenvalue weighted by atomic mass is 35.5. The lowest BCUT2D eigenvalue weighted by Crippen LogP contribution is -2.25. The third-order valence-corrected chi connectivity index (χ3v) is 3.12. The molecule has 1 aliphatic heterocycles. The normalized spacial score (nSPS) is 14.8. The number of benzene rings is 1. The molecule has 0 fully saturated rings. The van der Waals surface area contributed by atoms with E-state index in [1.807, 2.05) is 0 Å². The summed E-state index contributed by atoms with van der Waals surface area (Å²) in [6.07, 6.45) is 0.621. The number of aliphatic imine (C=N–C) groups is 1. The largest absolute Gasteiger partial charge is 0.278 e. The lowest BCUT2D eigenvalue weighted by atomic mass is 10.3. The summed E-state index contributed by atoms with van der Waals surface area (Å²) in [6.45, 7) is 0. The third kappa shape index (κ3) is 2.25. The second-order valence-electron chi connectivity index (χ2n) is 3.03. The first kappa shape index (κ1) is 11.2. The smallest absolute Gasteiger partial charge is 0.258 e. The molecule has 0 spiro atoms. The summed E-state index contributed by atoms with van der Waals surface area (Å²) in [4.78, 5) is 27.0. The maximum atomic E-state index is 11.0. The molecule has 1 aromatic rings. The number of rotatable bonds is 2. The monoisotopic (exact) mass is 254 g/mol. The van der Waals surface area contributed by atoms with E-state index in [1.165, 1.54) is 16.7 Å². The van der Waals surface area contributed by atoms with Crippen molar-refractivity contribution >= 4 is 46.5 Å². The Morgan fingerprint density at radius 3 is 2.88 bits per heavy atom. The van der Waals surface area contributed by atoms with Crippen molar-refractivity contribution in [3.05, 3.63) is 29.3 Å². The zero-order chi connectivity index (χ0) is 11.5. The van der Waals surface area contributed by atoms with E-state index in [4.69, 9.17) is 11.6 Å². The number of nitrogens with zero attached hydrogens (tertiary/aromatic N) is 2. The van der Waals surface area contributed by atoms with Crippen LogP contribution in [0.1, 0.15) is 0 Å². The fraction of sp³-hybridized carbons (Fsp3) is 0.100. The standard InChI is InChI=1S/C10H7ClN2O2S/c11-7-2-1-3-8(4-7)13(6-14)10-12-9(15)5-16-10/h1-4,6H,5H2. The van der Waals surface area contributed by atoms with Crippen LogP contribution in [0.15, 0.2) is 29.3 Å². The summed E-state index contributed by atoms with van der Waals surface area (Å²) >= 11 is 7.06. The molecule has 0 aromatic heterocycles. The van der Waals surface area contributed by atoms with E-state index in [0.717, 1.165) is 0 Å². The van der Waals surface area contributed by atoms with Crippen LogP contribution in [-0.2, 0) is 9.59 Å². The van der Waals surface area contributed by atoms with Crippen molar-refractivity contribution in [3.63, 3.8) is 0 Å². The van der Waals surface area contributed by atoms with E-state index in [2.05, 4.69) is 4.99 Å². The molecule has 1 aliphatic rings. The molecule has 2 rings (SSSR count). The molecule has 82 valence electrons. The van der Waals surface area contributed by atoms with E-state index < -0.39 is 0 Å². The van der Waals surface area contributed by atoms with Crippen LogP contribution in [0.2, 0.25) is 5.02 Å². The molecule has 0 unspecified atom stereocenters. The number of carbonyl (C=O) groups is 2. The van der Waals surface area contributed by atoms with Crippen LogP contribution in [0, 0.1) is 0 Å². The van der Waals surface area contributed by atoms with Crippen LogP contribution in [0.3, 0.4) is 0 Å². The zero-order valence-electron chi connectivity index (χ0n) is 8.09. The van der Waals surface area contributed by atoms with Crippen LogP contribution in [0.5, 0.6) is 0 Å². The average molecular weight is 255 g/mol. The molecule has 0 atom stereocenters. The highest BCUT2D eigenvalue weighted by Gasteiger charge is 2.21. The first-order valence-electron chi connectivity index (χ1n) is 4.45. The number of anilines is 1. The second kappa shape index (κ2) is 4.67. The molecule has 0 radical (unpaired) electrons. The van der Waals surface area contributed by atoms with Gasteiger partial charge < -0.3 is 0 Å². The number of halogens is 1. The maximum absolute atomic E-state index is 11.0. The van der Waals surface area contributed by atoms with Gasteiger partial charge in [0.05, 0.1) is 11.4 Å². The summed E-state index contributed by atoms with van der Waals surface area (Å²) in [5.41, 5.74) is 0.600. The highest BCUT2D eigenvalue weighted by molar-refractivity contribution is 8.15. The molecule has 0 aliphatic carbocycles. The summed E-state index contributed by atoms with van der Waals surface area (Å²) < 4.78 is 0. The lowest BCUT2D eigenvalue weighted by Gasteiger charge is -2.15. The van der Waals surface area contributed by atoms with Gasteiger partial charge in [-0.25, -0.2) is 0 Å². The van der Waals surface area contributed by atoms with E-state index in [9.17, 15) is 9.59 Å². The molecule has 1 heterocycles. The van der Waals surface area contributed by atoms with Gasteiger partial charge in [-0.05, 0) is 18.2 Å². The van der Waals surface area contributed by atoms with Gasteiger partial charge in [0.2, 0.25) is 6.41 Å². The fourth-order valence-electron chi connectivity index (χ4n) is 1.26. The molecular weight excluding hydrogens is 248 g/mol. The summed E-state index contributed by atoms with van der Waals surface area (Å²) in [5, 5.41) is 0.918. The van der Waals surface area contributed by atoms with Crippen molar-refractivity contribution < 1.29 is 9.59 Å². The molecule has 6 heteroatoms. The molecule has 1 aromatic carbocycles. The lowest BCUT2D eigenvalue weighted by molar-refractivity contribution is -0.115. The van der Waals surface area contributed by atoms with Crippen LogP contribution < -0.4 is 4.90 Å². The van der Waals surface area contributed by atoms with Crippen molar-refractivity contribution in [3.8, 4) is 0 Å². The van der Waals surface area contributed by atoms with Crippen molar-refractivity contribution in [1.82, 2.24) is 0 Å². The van der Waals surface area contributed by atoms with E-state index >= 15 is 0 Å². The first-order chi connectivity index (χ1) is 7.70. The number of hydrogen-bond acceptors (Lipinski definition) is 3. The quantitative estimate of drug-likeness (QED) is 0.758. The number of amidine groups is 1. The molecule has 0 saturated heterocycles. The van der Waals surface area contributed by atoms with Crippen LogP contribution in [-0.4, -0.2) is 23.2 Å². The Bertz CT molecular complexity index is 476. The molecule has 0 bridgehead atoms. The van der Waals surface area contributed by atoms with Gasteiger partial charge in [0, 0.05) is 5.02 Å². The van der Waals surface area contributed by atoms with Gasteiger partial charge in [-0.3, -0.25) is 14.5 Å². The second-order valence-corrected chi connectivity index (χ2v) is 4.41. The average Bonchev–Trinajstić information content (AvgIpc) is 2.66. The highest BCUT2D eigenvalue weighted by Crippen LogP contribution is 2.24. The Morgan fingerprint density at radius 2 is 2.31 bits per heavy atom. The summed E-state index contributed by atoms with van der Waals surface area (Å²) in [6, 6.07) is 6.81. The molecule has 2 amide bonds. The molecule has 0 saturated carbocycles. The van der Waals surface area contributed by atoms with Gasteiger partial charge in [0.25, 0.3) is 5.91 Å². The van der Waals surface area contributed by atoms with E-state index in [-0.39, 0.29) is 11.7 Å². The van der Waals surface area contributed by atoms with E-state index in [1.54, 1.807) is 24.3 Å². The zero-order valence-corrected chi connectivity index (χ0v) is 9.66. The van der Waals surface area contributed by atoms with Crippen LogP contribution in [0.4, 0.5) is 5.69 Å². The maximum Gasteiger partial charge on any atom is 0.258 e. The van der Waals surface area contributed by atoms with Crippen molar-refractivity contribution in [2.45, 2.75) is 0 Å². The Balaban J connectivity index is 2.33. The fourth-order valence-corrected chi connectivity index (χ4v) is 2.22. The van der Waals surface area contributed by atoms with Gasteiger partial charge in [0.1, 0.15) is 0 Å². The Hall–Kier alpha value is -1.33. The Kier molecular flexibility index (Phi) is 3.26. The summed E-state index contributed by atoms with van der Waals surface area (Å²) in [7, 11) is 0. The van der Waals surface area contributed by atoms with Gasteiger partial charge in [-0.15, -0.1) is 0 Å². The van der Waals surface area contributed by atoms with Gasteiger partial charge in [-0.2, -0.15) is 4.99 Å². The molecule has 0 N–H and O–H groups in total. The molecule has 4 nitrogen and oxygen atoms in total. The number of amides is 2. The predicted octanol–water partition coefficient (Wildman–Crippen LogP) is 1.93. The number of hydrogen-bond donors (Lipinski definition) is 0. The first-order valence-corrected chi connectivity index (χ1v) is 5.81. The van der Waals surface area contributed by atoms with E-state index in [0.29, 0.717) is 22.3 Å². The minimum absolute atomic E-state index is 0.228. The van der Waals surface area contributed by atoms with Crippen molar-refractivity contribution in [2.75, 3.05) is 10.7 Å². The van der Waals surface area contributed by atoms with Gasteiger partial charge >= 0.3 is 0 Å². The Labute approximate surface area is 101 Å². The minimum Gasteiger partial charge on any atom is -0.278 e. The van der Waals surface area contributed by atoms with Gasteiger partial charge in [-0.1, -0.05) is 29.4 Å². The van der Waals surface area contributed by atoms with Crippen molar-refractivity contribution in [2.24, 2.45) is 4.99 Å². The minimum atomic E-state index is -0.228. The third-order valence-electron chi connectivity index (χ3n) is 1.94. The van der Waals surface area contributed by atoms with Crippen molar-refractivity contribution in [1.29, 1.82) is 0 Å². The van der Waals surface area contributed by atoms with Gasteiger partial charge in [0.15, 0.2) is 5.17 Å². The molecular formula is C10H7ClN2O2S. The molecule has 16 heavy (non-hydrogen) atoms. The number of thioether (sulfide) groups is 1. The Morgan fingerprint density at radius 1 is 1.50 bits per heavy atom. The topological polar surface area (TPSA) is 49.7 Å². The summed E-state index contributed by atoms with van der Waals surface area (Å²) in [5.74, 6) is 0.0501. The SMILES string of the molecule is O=CN(C1=NC(=O)CS1)c1cccc(Cl)c1. The number of carbonyl (C=O) groups excluding carboxylic acids is 2.